The second kappa shape index (κ2) is 6.38. The minimum Gasteiger partial charge on any atom is -0.355 e. The van der Waals surface area contributed by atoms with Crippen molar-refractivity contribution in [2.24, 2.45) is 34.5 Å². The number of rotatable bonds is 4. The van der Waals surface area contributed by atoms with Crippen LogP contribution in [-0.4, -0.2) is 31.6 Å². The Balaban J connectivity index is 1.94. The van der Waals surface area contributed by atoms with Gasteiger partial charge in [0.25, 0.3) is 0 Å². The third-order valence-corrected chi connectivity index (χ3v) is 8.19. The summed E-state index contributed by atoms with van der Waals surface area (Å²) < 4.78 is 12.1. The SMILES string of the molecule is C=C1C(=O)[C@@]23CC[C@@H](CC2C2(CCCC)C(OC)OCC(C)C12)C(=C)C3=O. The molecular weight excluding hydrogens is 340 g/mol. The summed E-state index contributed by atoms with van der Waals surface area (Å²) in [4.78, 5) is 27.1. The number of ketones is 2. The van der Waals surface area contributed by atoms with E-state index in [4.69, 9.17) is 9.47 Å². The van der Waals surface area contributed by atoms with Crippen molar-refractivity contribution in [2.45, 2.75) is 58.7 Å². The maximum atomic E-state index is 13.7. The van der Waals surface area contributed by atoms with E-state index in [2.05, 4.69) is 27.0 Å². The molecule has 0 amide bonds. The lowest BCUT2D eigenvalue weighted by Gasteiger charge is -2.66. The van der Waals surface area contributed by atoms with E-state index >= 15 is 0 Å². The van der Waals surface area contributed by atoms with Gasteiger partial charge in [-0.3, -0.25) is 9.59 Å². The first kappa shape index (κ1) is 19.1. The van der Waals surface area contributed by atoms with Crippen LogP contribution in [0.5, 0.6) is 0 Å². The Kier molecular flexibility index (Phi) is 4.51. The third-order valence-electron chi connectivity index (χ3n) is 8.19. The number of carbonyl (C=O) groups excluding carboxylic acids is 2. The average molecular weight is 373 g/mol. The zero-order valence-corrected chi connectivity index (χ0v) is 16.9. The smallest absolute Gasteiger partial charge is 0.172 e. The molecule has 148 valence electrons. The molecule has 0 radical (unpaired) electrons. The molecule has 5 rings (SSSR count). The summed E-state index contributed by atoms with van der Waals surface area (Å²) in [5, 5.41) is 0. The molecule has 1 aliphatic heterocycles. The number of ether oxygens (including phenoxy) is 2. The summed E-state index contributed by atoms with van der Waals surface area (Å²) in [5.41, 5.74) is -0.0597. The summed E-state index contributed by atoms with van der Waals surface area (Å²) in [5.74, 6) is 0.328. The van der Waals surface area contributed by atoms with Crippen molar-refractivity contribution in [3.8, 4) is 0 Å². The molecule has 4 saturated carbocycles. The molecule has 5 fully saturated rings. The largest absolute Gasteiger partial charge is 0.355 e. The minimum absolute atomic E-state index is 0.0162. The van der Waals surface area contributed by atoms with Crippen LogP contribution in [0.1, 0.15) is 52.4 Å². The van der Waals surface area contributed by atoms with Gasteiger partial charge in [0.1, 0.15) is 0 Å². The van der Waals surface area contributed by atoms with E-state index in [1.807, 2.05) is 0 Å². The van der Waals surface area contributed by atoms with Gasteiger partial charge in [-0.05, 0) is 54.6 Å². The van der Waals surface area contributed by atoms with E-state index in [1.165, 1.54) is 0 Å². The number of hydrogen-bond donors (Lipinski definition) is 0. The van der Waals surface area contributed by atoms with E-state index < -0.39 is 11.7 Å². The molecule has 4 heteroatoms. The Morgan fingerprint density at radius 2 is 1.93 bits per heavy atom. The highest BCUT2D eigenvalue weighted by Crippen LogP contribution is 2.70. The molecule has 2 bridgehead atoms. The van der Waals surface area contributed by atoms with E-state index in [9.17, 15) is 9.59 Å². The average Bonchev–Trinajstić information content (AvgIpc) is 2.68. The molecule has 4 nitrogen and oxygen atoms in total. The summed E-state index contributed by atoms with van der Waals surface area (Å²) in [6.07, 6.45) is 4.95. The fraction of sp³-hybridized carbons (Fsp3) is 0.739. The normalized spacial score (nSPS) is 46.4. The van der Waals surface area contributed by atoms with Crippen molar-refractivity contribution in [1.82, 2.24) is 0 Å². The Morgan fingerprint density at radius 1 is 1.22 bits per heavy atom. The fourth-order valence-corrected chi connectivity index (χ4v) is 7.15. The van der Waals surface area contributed by atoms with Crippen molar-refractivity contribution >= 4 is 11.6 Å². The lowest BCUT2D eigenvalue weighted by atomic mass is 9.37. The van der Waals surface area contributed by atoms with E-state index in [-0.39, 0.29) is 40.7 Å². The van der Waals surface area contributed by atoms with Crippen LogP contribution in [0.25, 0.3) is 0 Å². The number of allylic oxidation sites excluding steroid dienone is 2. The van der Waals surface area contributed by atoms with Gasteiger partial charge in [-0.15, -0.1) is 0 Å². The van der Waals surface area contributed by atoms with Gasteiger partial charge in [0.05, 0.1) is 12.0 Å². The molecule has 5 unspecified atom stereocenters. The van der Waals surface area contributed by atoms with Gasteiger partial charge in [-0.2, -0.15) is 0 Å². The van der Waals surface area contributed by atoms with Gasteiger partial charge >= 0.3 is 0 Å². The maximum Gasteiger partial charge on any atom is 0.172 e. The standard InChI is InChI=1S/C23H32O4/c1-6-7-9-22-17-11-16-8-10-23(17,19(24)14(16)3)20(25)15(4)18(22)13(2)12-27-21(22)26-5/h13,16-18,21H,3-4,6-12H2,1-2,5H3/t13?,16-,17?,18?,21?,22?,23-/m0/s1. The van der Waals surface area contributed by atoms with Gasteiger partial charge in [-0.25, -0.2) is 0 Å². The first-order valence-corrected chi connectivity index (χ1v) is 10.5. The highest BCUT2D eigenvalue weighted by Gasteiger charge is 2.73. The maximum absolute atomic E-state index is 13.7. The molecule has 0 aromatic carbocycles. The molecule has 5 aliphatic rings. The molecule has 4 aliphatic carbocycles. The Morgan fingerprint density at radius 3 is 2.59 bits per heavy atom. The van der Waals surface area contributed by atoms with Gasteiger partial charge in [0.15, 0.2) is 17.9 Å². The van der Waals surface area contributed by atoms with Crippen molar-refractivity contribution < 1.29 is 19.1 Å². The summed E-state index contributed by atoms with van der Waals surface area (Å²) >= 11 is 0. The van der Waals surface area contributed by atoms with Crippen LogP contribution >= 0.6 is 0 Å². The first-order valence-electron chi connectivity index (χ1n) is 10.5. The van der Waals surface area contributed by atoms with Crippen LogP contribution in [-0.2, 0) is 19.1 Å². The molecule has 27 heavy (non-hydrogen) atoms. The van der Waals surface area contributed by atoms with E-state index in [0.717, 1.165) is 32.1 Å². The zero-order valence-electron chi connectivity index (χ0n) is 16.9. The highest BCUT2D eigenvalue weighted by molar-refractivity contribution is 6.21. The summed E-state index contributed by atoms with van der Waals surface area (Å²) in [6, 6.07) is 0. The summed E-state index contributed by atoms with van der Waals surface area (Å²) in [6.45, 7) is 13.2. The van der Waals surface area contributed by atoms with Crippen molar-refractivity contribution in [3.63, 3.8) is 0 Å². The van der Waals surface area contributed by atoms with Crippen molar-refractivity contribution in [2.75, 3.05) is 13.7 Å². The lowest BCUT2D eigenvalue weighted by molar-refractivity contribution is -0.289. The Bertz CT molecular complexity index is 709. The van der Waals surface area contributed by atoms with E-state index in [1.54, 1.807) is 7.11 Å². The minimum atomic E-state index is -0.982. The molecule has 1 spiro atoms. The van der Waals surface area contributed by atoms with E-state index in [0.29, 0.717) is 24.2 Å². The zero-order chi connectivity index (χ0) is 19.6. The second-order valence-electron chi connectivity index (χ2n) is 9.28. The number of Topliss-reactive ketones (excluding diaryl/α,β-unsaturated/α-hetero) is 2. The molecule has 1 saturated heterocycles. The summed E-state index contributed by atoms with van der Waals surface area (Å²) in [7, 11) is 1.69. The van der Waals surface area contributed by atoms with Crippen LogP contribution in [0.15, 0.2) is 24.3 Å². The second-order valence-corrected chi connectivity index (χ2v) is 9.28. The van der Waals surface area contributed by atoms with Crippen molar-refractivity contribution in [3.05, 3.63) is 24.3 Å². The number of hydrogen-bond acceptors (Lipinski definition) is 4. The molecule has 0 aromatic heterocycles. The Hall–Kier alpha value is -1.26. The monoisotopic (exact) mass is 372 g/mol. The predicted octanol–water partition coefficient (Wildman–Crippen LogP) is 4.10. The highest BCUT2D eigenvalue weighted by atomic mass is 16.7. The molecular formula is C23H32O4. The third kappa shape index (κ3) is 2.17. The topological polar surface area (TPSA) is 52.6 Å². The number of methoxy groups -OCH3 is 1. The van der Waals surface area contributed by atoms with Crippen LogP contribution in [0.4, 0.5) is 0 Å². The fourth-order valence-electron chi connectivity index (χ4n) is 7.15. The van der Waals surface area contributed by atoms with Gasteiger partial charge < -0.3 is 9.47 Å². The molecule has 0 N–H and O–H groups in total. The van der Waals surface area contributed by atoms with Crippen LogP contribution in [0.2, 0.25) is 0 Å². The molecule has 7 atom stereocenters. The lowest BCUT2D eigenvalue weighted by Crippen LogP contribution is -2.70. The Labute approximate surface area is 162 Å². The quantitative estimate of drug-likeness (QED) is 0.551. The predicted molar refractivity (Wildman–Crippen MR) is 103 cm³/mol. The van der Waals surface area contributed by atoms with Gasteiger partial charge in [0.2, 0.25) is 0 Å². The molecule has 0 aromatic rings. The molecule has 1 heterocycles. The van der Waals surface area contributed by atoms with Crippen LogP contribution < -0.4 is 0 Å². The van der Waals surface area contributed by atoms with Crippen molar-refractivity contribution in [1.29, 1.82) is 0 Å². The first-order chi connectivity index (χ1) is 12.9. The van der Waals surface area contributed by atoms with Crippen LogP contribution in [0, 0.1) is 34.5 Å². The number of unbranched alkanes of at least 4 members (excludes halogenated alkanes) is 1. The number of fused-ring (bicyclic) bond motifs is 3. The van der Waals surface area contributed by atoms with Crippen LogP contribution in [0.3, 0.4) is 0 Å². The van der Waals surface area contributed by atoms with Gasteiger partial charge in [0, 0.05) is 18.4 Å². The van der Waals surface area contributed by atoms with Gasteiger partial charge in [-0.1, -0.05) is 39.8 Å². The number of carbonyl (C=O) groups is 2.